The lowest BCUT2D eigenvalue weighted by atomic mass is 10.3. The molecule has 1 fully saturated rings. The van der Waals surface area contributed by atoms with E-state index in [9.17, 15) is 4.79 Å². The average molecular weight is 305 g/mol. The summed E-state index contributed by atoms with van der Waals surface area (Å²) in [5, 5.41) is 3.11. The van der Waals surface area contributed by atoms with Gasteiger partial charge in [-0.15, -0.1) is 11.3 Å². The Morgan fingerprint density at radius 2 is 2.00 bits per heavy atom. The minimum absolute atomic E-state index is 0.00521. The number of nitrogen functional groups attached to an aromatic ring is 1. The van der Waals surface area contributed by atoms with Gasteiger partial charge in [0.25, 0.3) is 5.56 Å². The van der Waals surface area contributed by atoms with Crippen molar-refractivity contribution in [2.75, 3.05) is 43.4 Å². The first-order chi connectivity index (χ1) is 10.2. The van der Waals surface area contributed by atoms with Gasteiger partial charge in [-0.05, 0) is 6.07 Å². The molecule has 1 aliphatic rings. The minimum atomic E-state index is 0.00521. The Kier molecular flexibility index (Phi) is 4.21. The number of anilines is 2. The molecule has 0 saturated carbocycles. The van der Waals surface area contributed by atoms with Gasteiger partial charge in [0, 0.05) is 68.8 Å². The van der Waals surface area contributed by atoms with Gasteiger partial charge in [-0.2, -0.15) is 0 Å². The van der Waals surface area contributed by atoms with Gasteiger partial charge in [-0.1, -0.05) is 0 Å². The summed E-state index contributed by atoms with van der Waals surface area (Å²) in [5.41, 5.74) is 6.36. The summed E-state index contributed by atoms with van der Waals surface area (Å²) in [6.07, 6.45) is 3.56. The quantitative estimate of drug-likeness (QED) is 0.901. The van der Waals surface area contributed by atoms with Crippen molar-refractivity contribution in [3.8, 4) is 0 Å². The average Bonchev–Trinajstić information content (AvgIpc) is 3.03. The van der Waals surface area contributed by atoms with E-state index in [1.807, 2.05) is 11.6 Å². The zero-order valence-corrected chi connectivity index (χ0v) is 12.6. The van der Waals surface area contributed by atoms with Gasteiger partial charge in [0.2, 0.25) is 0 Å². The lowest BCUT2D eigenvalue weighted by Crippen LogP contribution is -2.47. The van der Waals surface area contributed by atoms with E-state index in [0.717, 1.165) is 37.9 Å². The third-order valence-corrected chi connectivity index (χ3v) is 4.56. The fourth-order valence-corrected chi connectivity index (χ4v) is 3.21. The van der Waals surface area contributed by atoms with Crippen LogP contribution in [0.3, 0.4) is 0 Å². The molecule has 2 aromatic heterocycles. The minimum Gasteiger partial charge on any atom is -0.398 e. The summed E-state index contributed by atoms with van der Waals surface area (Å²) in [5.74, 6) is 0. The Balaban J connectivity index is 1.52. The highest BCUT2D eigenvalue weighted by Crippen LogP contribution is 2.18. The molecular formula is C14H19N5OS. The molecule has 6 nitrogen and oxygen atoms in total. The van der Waals surface area contributed by atoms with Gasteiger partial charge in [0.15, 0.2) is 5.13 Å². The summed E-state index contributed by atoms with van der Waals surface area (Å²) in [7, 11) is 0. The van der Waals surface area contributed by atoms with Crippen LogP contribution < -0.4 is 16.2 Å². The van der Waals surface area contributed by atoms with Gasteiger partial charge in [-0.3, -0.25) is 9.69 Å². The third-order valence-electron chi connectivity index (χ3n) is 3.73. The van der Waals surface area contributed by atoms with E-state index in [2.05, 4.69) is 14.8 Å². The Morgan fingerprint density at radius 3 is 2.71 bits per heavy atom. The number of piperazine rings is 1. The first-order valence-electron chi connectivity index (χ1n) is 7.05. The number of rotatable bonds is 4. The molecule has 2 N–H and O–H groups in total. The monoisotopic (exact) mass is 305 g/mol. The molecule has 21 heavy (non-hydrogen) atoms. The van der Waals surface area contributed by atoms with Crippen molar-refractivity contribution >= 4 is 22.2 Å². The van der Waals surface area contributed by atoms with Crippen molar-refractivity contribution in [1.29, 1.82) is 0 Å². The van der Waals surface area contributed by atoms with Crippen LogP contribution in [0.4, 0.5) is 10.8 Å². The van der Waals surface area contributed by atoms with Gasteiger partial charge >= 0.3 is 0 Å². The van der Waals surface area contributed by atoms with Crippen LogP contribution in [0.25, 0.3) is 0 Å². The van der Waals surface area contributed by atoms with E-state index >= 15 is 0 Å². The number of aromatic nitrogens is 2. The molecule has 0 spiro atoms. The predicted molar refractivity (Wildman–Crippen MR) is 85.9 cm³/mol. The van der Waals surface area contributed by atoms with Crippen molar-refractivity contribution in [2.45, 2.75) is 6.54 Å². The van der Waals surface area contributed by atoms with E-state index < -0.39 is 0 Å². The van der Waals surface area contributed by atoms with Crippen LogP contribution in [0.15, 0.2) is 34.7 Å². The zero-order valence-electron chi connectivity index (χ0n) is 11.8. The predicted octanol–water partition coefficient (Wildman–Crippen LogP) is 0.709. The molecule has 3 heterocycles. The zero-order chi connectivity index (χ0) is 14.7. The fraction of sp³-hybridized carbons (Fsp3) is 0.429. The second-order valence-corrected chi connectivity index (χ2v) is 6.01. The molecule has 1 saturated heterocycles. The number of thiazole rings is 1. The van der Waals surface area contributed by atoms with E-state index in [1.54, 1.807) is 28.2 Å². The molecule has 1 aliphatic heterocycles. The summed E-state index contributed by atoms with van der Waals surface area (Å²) in [6.45, 7) is 5.52. The summed E-state index contributed by atoms with van der Waals surface area (Å²) in [4.78, 5) is 20.8. The summed E-state index contributed by atoms with van der Waals surface area (Å²) in [6, 6.07) is 3.17. The van der Waals surface area contributed by atoms with E-state index in [-0.39, 0.29) is 5.56 Å². The van der Waals surface area contributed by atoms with Crippen molar-refractivity contribution < 1.29 is 0 Å². The summed E-state index contributed by atoms with van der Waals surface area (Å²) >= 11 is 1.68. The maximum Gasteiger partial charge on any atom is 0.250 e. The molecule has 0 aliphatic carbocycles. The number of nitrogens with two attached hydrogens (primary N) is 1. The standard InChI is InChI=1S/C14H19N5OS/c15-12-1-2-13(20)19(11-12)9-6-17-4-7-18(8-5-17)14-16-3-10-21-14/h1-3,10-11H,4-9,15H2. The van der Waals surface area contributed by atoms with Crippen LogP contribution in [0.1, 0.15) is 0 Å². The Hall–Kier alpha value is -1.86. The molecule has 7 heteroatoms. The molecule has 112 valence electrons. The molecular weight excluding hydrogens is 286 g/mol. The summed E-state index contributed by atoms with van der Waals surface area (Å²) < 4.78 is 1.68. The van der Waals surface area contributed by atoms with Crippen LogP contribution in [0, 0.1) is 0 Å². The van der Waals surface area contributed by atoms with Gasteiger partial charge in [-0.25, -0.2) is 4.98 Å². The highest BCUT2D eigenvalue weighted by Gasteiger charge is 2.18. The Labute approximate surface area is 127 Å². The second kappa shape index (κ2) is 6.28. The normalized spacial score (nSPS) is 16.3. The maximum atomic E-state index is 11.7. The van der Waals surface area contributed by atoms with Crippen molar-refractivity contribution in [3.63, 3.8) is 0 Å². The van der Waals surface area contributed by atoms with Crippen LogP contribution in [-0.2, 0) is 6.54 Å². The smallest absolute Gasteiger partial charge is 0.250 e. The van der Waals surface area contributed by atoms with Gasteiger partial charge in [0.1, 0.15) is 0 Å². The van der Waals surface area contributed by atoms with E-state index in [0.29, 0.717) is 12.2 Å². The lowest BCUT2D eigenvalue weighted by molar-refractivity contribution is 0.247. The molecule has 0 bridgehead atoms. The van der Waals surface area contributed by atoms with Gasteiger partial charge in [0.05, 0.1) is 0 Å². The Morgan fingerprint density at radius 1 is 1.19 bits per heavy atom. The second-order valence-electron chi connectivity index (χ2n) is 5.14. The Bertz CT molecular complexity index is 631. The van der Waals surface area contributed by atoms with E-state index in [4.69, 9.17) is 5.73 Å². The van der Waals surface area contributed by atoms with Crippen LogP contribution in [-0.4, -0.2) is 47.2 Å². The van der Waals surface area contributed by atoms with Crippen molar-refractivity contribution in [2.24, 2.45) is 0 Å². The highest BCUT2D eigenvalue weighted by atomic mass is 32.1. The maximum absolute atomic E-state index is 11.7. The first-order valence-corrected chi connectivity index (χ1v) is 7.93. The number of pyridine rings is 1. The SMILES string of the molecule is Nc1ccc(=O)n(CCN2CCN(c3nccs3)CC2)c1. The molecule has 0 aromatic carbocycles. The molecule has 0 unspecified atom stereocenters. The molecule has 3 rings (SSSR count). The highest BCUT2D eigenvalue weighted by molar-refractivity contribution is 7.13. The largest absolute Gasteiger partial charge is 0.398 e. The first kappa shape index (κ1) is 14.1. The number of hydrogen-bond donors (Lipinski definition) is 1. The molecule has 0 radical (unpaired) electrons. The molecule has 2 aromatic rings. The molecule has 0 amide bonds. The lowest BCUT2D eigenvalue weighted by Gasteiger charge is -2.34. The number of nitrogens with zero attached hydrogens (tertiary/aromatic N) is 4. The number of hydrogen-bond acceptors (Lipinski definition) is 6. The third kappa shape index (κ3) is 3.43. The van der Waals surface area contributed by atoms with E-state index in [1.165, 1.54) is 6.07 Å². The van der Waals surface area contributed by atoms with Crippen LogP contribution >= 0.6 is 11.3 Å². The van der Waals surface area contributed by atoms with Crippen LogP contribution in [0.2, 0.25) is 0 Å². The molecule has 0 atom stereocenters. The van der Waals surface area contributed by atoms with Gasteiger partial charge < -0.3 is 15.2 Å². The van der Waals surface area contributed by atoms with Crippen molar-refractivity contribution in [1.82, 2.24) is 14.5 Å². The topological polar surface area (TPSA) is 67.4 Å². The van der Waals surface area contributed by atoms with Crippen molar-refractivity contribution in [3.05, 3.63) is 40.3 Å². The van der Waals surface area contributed by atoms with Crippen LogP contribution in [0.5, 0.6) is 0 Å². The fourth-order valence-electron chi connectivity index (χ4n) is 2.51.